The smallest absolute Gasteiger partial charge is 0.312 e. The highest BCUT2D eigenvalue weighted by atomic mass is 16.2. The molecule has 0 aromatic rings. The summed E-state index contributed by atoms with van der Waals surface area (Å²) in [6, 6.07) is -1.70. The summed E-state index contributed by atoms with van der Waals surface area (Å²) in [6.45, 7) is 1.02. The Kier molecular flexibility index (Phi) is 3.44. The number of amides is 5. The van der Waals surface area contributed by atoms with Gasteiger partial charge in [0.1, 0.15) is 19.1 Å². The van der Waals surface area contributed by atoms with E-state index in [-0.39, 0.29) is 13.1 Å². The van der Waals surface area contributed by atoms with Crippen LogP contribution in [0.3, 0.4) is 0 Å². The monoisotopic (exact) mass is 228 g/mol. The van der Waals surface area contributed by atoms with Crippen molar-refractivity contribution in [2.24, 2.45) is 5.73 Å². The molecule has 1 aliphatic rings. The average molecular weight is 228 g/mol. The normalized spacial score (nSPS) is 17.7. The maximum Gasteiger partial charge on any atom is 0.312 e. The molecule has 1 atom stereocenters. The van der Waals surface area contributed by atoms with Crippen LogP contribution < -0.4 is 16.4 Å². The zero-order chi connectivity index (χ0) is 12.3. The van der Waals surface area contributed by atoms with Crippen LogP contribution in [0.2, 0.25) is 0 Å². The molecule has 5 amide bonds. The van der Waals surface area contributed by atoms with Crippen molar-refractivity contribution in [1.29, 1.82) is 0 Å². The van der Waals surface area contributed by atoms with Crippen molar-refractivity contribution in [2.45, 2.75) is 13.0 Å². The van der Waals surface area contributed by atoms with E-state index in [1.165, 1.54) is 6.92 Å². The van der Waals surface area contributed by atoms with Gasteiger partial charge < -0.3 is 16.0 Å². The predicted molar refractivity (Wildman–Crippen MR) is 51.9 cm³/mol. The number of carbonyl (C=O) groups excluding carboxylic acids is 4. The third-order valence-electron chi connectivity index (χ3n) is 1.99. The second-order valence-corrected chi connectivity index (χ2v) is 3.40. The van der Waals surface area contributed by atoms with Crippen LogP contribution in [-0.4, -0.2) is 47.8 Å². The second kappa shape index (κ2) is 4.60. The van der Waals surface area contributed by atoms with E-state index in [0.29, 0.717) is 0 Å². The fourth-order valence-corrected chi connectivity index (χ4v) is 1.34. The number of nitrogens with zero attached hydrogens (tertiary/aromatic N) is 1. The number of nitrogens with two attached hydrogens (primary N) is 1. The van der Waals surface area contributed by atoms with Gasteiger partial charge in [0.15, 0.2) is 0 Å². The Hall–Kier alpha value is -2.12. The summed E-state index contributed by atoms with van der Waals surface area (Å²) in [5, 5.41) is 4.23. The van der Waals surface area contributed by atoms with E-state index in [2.05, 4.69) is 10.6 Å². The fraction of sp³-hybridized carbons (Fsp3) is 0.500. The van der Waals surface area contributed by atoms with Gasteiger partial charge in [-0.05, 0) is 6.92 Å². The van der Waals surface area contributed by atoms with Crippen LogP contribution in [0, 0.1) is 0 Å². The van der Waals surface area contributed by atoms with E-state index < -0.39 is 29.8 Å². The molecule has 8 heteroatoms. The van der Waals surface area contributed by atoms with Crippen LogP contribution in [0.4, 0.5) is 4.79 Å². The van der Waals surface area contributed by atoms with Crippen molar-refractivity contribution >= 4 is 23.8 Å². The first-order valence-corrected chi connectivity index (χ1v) is 4.57. The van der Waals surface area contributed by atoms with Gasteiger partial charge in [0.2, 0.25) is 17.7 Å². The van der Waals surface area contributed by atoms with E-state index in [0.717, 1.165) is 4.90 Å². The predicted octanol–water partition coefficient (Wildman–Crippen LogP) is -2.47. The largest absolute Gasteiger partial charge is 0.352 e. The lowest BCUT2D eigenvalue weighted by molar-refractivity contribution is -0.146. The van der Waals surface area contributed by atoms with Gasteiger partial charge in [-0.25, -0.2) is 4.79 Å². The molecule has 0 spiro atoms. The van der Waals surface area contributed by atoms with Gasteiger partial charge in [0.25, 0.3) is 0 Å². The van der Waals surface area contributed by atoms with Gasteiger partial charge in [-0.2, -0.15) is 0 Å². The molecular formula is C8H12N4O4. The van der Waals surface area contributed by atoms with Crippen LogP contribution in [-0.2, 0) is 14.4 Å². The van der Waals surface area contributed by atoms with Crippen molar-refractivity contribution in [2.75, 3.05) is 13.1 Å². The lowest BCUT2D eigenvalue weighted by Gasteiger charge is -2.27. The number of hydrogen-bond donors (Lipinski definition) is 3. The van der Waals surface area contributed by atoms with Gasteiger partial charge in [-0.15, -0.1) is 0 Å². The molecule has 88 valence electrons. The molecule has 1 fully saturated rings. The van der Waals surface area contributed by atoms with Crippen LogP contribution in [0.1, 0.15) is 6.92 Å². The third-order valence-corrected chi connectivity index (χ3v) is 1.99. The molecule has 16 heavy (non-hydrogen) atoms. The zero-order valence-electron chi connectivity index (χ0n) is 8.65. The molecule has 0 aromatic heterocycles. The van der Waals surface area contributed by atoms with Gasteiger partial charge >= 0.3 is 6.03 Å². The van der Waals surface area contributed by atoms with E-state index in [1.807, 2.05) is 0 Å². The molecule has 0 aromatic carbocycles. The van der Waals surface area contributed by atoms with Crippen molar-refractivity contribution in [3.63, 3.8) is 0 Å². The lowest BCUT2D eigenvalue weighted by Crippen LogP contribution is -2.57. The molecule has 1 unspecified atom stereocenters. The average Bonchev–Trinajstić information content (AvgIpc) is 2.13. The summed E-state index contributed by atoms with van der Waals surface area (Å²) in [4.78, 5) is 45.2. The summed E-state index contributed by atoms with van der Waals surface area (Å²) < 4.78 is 0. The molecule has 0 bridgehead atoms. The van der Waals surface area contributed by atoms with E-state index in [4.69, 9.17) is 5.73 Å². The molecular weight excluding hydrogens is 216 g/mol. The number of piperazine rings is 1. The van der Waals surface area contributed by atoms with Crippen molar-refractivity contribution in [3.8, 4) is 0 Å². The molecule has 0 radical (unpaired) electrons. The van der Waals surface area contributed by atoms with Crippen molar-refractivity contribution in [1.82, 2.24) is 15.5 Å². The number of carbonyl (C=O) groups is 4. The van der Waals surface area contributed by atoms with Crippen LogP contribution in [0.15, 0.2) is 0 Å². The topological polar surface area (TPSA) is 122 Å². The SMILES string of the molecule is CC(NC(N)=O)C(=O)N1CC(=O)NC(=O)C1. The first-order valence-electron chi connectivity index (χ1n) is 4.57. The standard InChI is InChI=1S/C8H12N4O4/c1-4(10-8(9)16)7(15)12-2-5(13)11-6(14)3-12/h4H,2-3H2,1H3,(H3,9,10,16)(H,11,13,14). The Morgan fingerprint density at radius 1 is 1.38 bits per heavy atom. The number of urea groups is 1. The molecule has 0 saturated carbocycles. The maximum absolute atomic E-state index is 11.6. The van der Waals surface area contributed by atoms with Crippen LogP contribution >= 0.6 is 0 Å². The first kappa shape index (κ1) is 12.0. The minimum Gasteiger partial charge on any atom is -0.352 e. The van der Waals surface area contributed by atoms with E-state index in [9.17, 15) is 19.2 Å². The second-order valence-electron chi connectivity index (χ2n) is 3.40. The minimum absolute atomic E-state index is 0.199. The first-order chi connectivity index (χ1) is 7.40. The molecule has 4 N–H and O–H groups in total. The van der Waals surface area contributed by atoms with Gasteiger partial charge in [0, 0.05) is 0 Å². The zero-order valence-corrected chi connectivity index (χ0v) is 8.65. The highest BCUT2D eigenvalue weighted by Crippen LogP contribution is 1.99. The van der Waals surface area contributed by atoms with Gasteiger partial charge in [-0.3, -0.25) is 19.7 Å². The molecule has 1 heterocycles. The number of imide groups is 1. The highest BCUT2D eigenvalue weighted by molar-refractivity contribution is 6.03. The minimum atomic E-state index is -0.865. The van der Waals surface area contributed by atoms with E-state index in [1.54, 1.807) is 0 Å². The van der Waals surface area contributed by atoms with Crippen molar-refractivity contribution in [3.05, 3.63) is 0 Å². The van der Waals surface area contributed by atoms with Gasteiger partial charge in [0.05, 0.1) is 0 Å². The Bertz CT molecular complexity index is 338. The maximum atomic E-state index is 11.6. The van der Waals surface area contributed by atoms with Crippen molar-refractivity contribution < 1.29 is 19.2 Å². The summed E-state index contributed by atoms with van der Waals surface area (Å²) in [5.41, 5.74) is 4.85. The molecule has 0 aliphatic carbocycles. The summed E-state index contributed by atoms with van der Waals surface area (Å²) in [7, 11) is 0. The summed E-state index contributed by atoms with van der Waals surface area (Å²) in [5.74, 6) is -1.62. The Morgan fingerprint density at radius 3 is 2.31 bits per heavy atom. The third kappa shape index (κ3) is 2.94. The number of nitrogens with one attached hydrogen (secondary N) is 2. The fourth-order valence-electron chi connectivity index (χ4n) is 1.34. The summed E-state index contributed by atoms with van der Waals surface area (Å²) in [6.07, 6.45) is 0. The molecule has 1 saturated heterocycles. The lowest BCUT2D eigenvalue weighted by atomic mass is 10.2. The number of hydrogen-bond acceptors (Lipinski definition) is 4. The molecule has 8 nitrogen and oxygen atoms in total. The van der Waals surface area contributed by atoms with Crippen LogP contribution in [0.5, 0.6) is 0 Å². The number of rotatable bonds is 2. The Morgan fingerprint density at radius 2 is 1.88 bits per heavy atom. The van der Waals surface area contributed by atoms with Gasteiger partial charge in [-0.1, -0.05) is 0 Å². The Balaban J connectivity index is 2.62. The van der Waals surface area contributed by atoms with E-state index >= 15 is 0 Å². The summed E-state index contributed by atoms with van der Waals surface area (Å²) >= 11 is 0. The molecule has 1 rings (SSSR count). The molecule has 1 aliphatic heterocycles. The highest BCUT2D eigenvalue weighted by Gasteiger charge is 2.29. The number of primary amides is 1. The van der Waals surface area contributed by atoms with Crippen LogP contribution in [0.25, 0.3) is 0 Å². The quantitative estimate of drug-likeness (QED) is 0.453. The Labute approximate surface area is 91.1 Å².